The van der Waals surface area contributed by atoms with Gasteiger partial charge in [0.15, 0.2) is 0 Å². The van der Waals surface area contributed by atoms with Gasteiger partial charge in [-0.05, 0) is 51.2 Å². The number of rotatable bonds is 3. The minimum atomic E-state index is 0.854. The largest absolute Gasteiger partial charge is 0.397 e. The Balaban J connectivity index is 2.44. The van der Waals surface area contributed by atoms with Gasteiger partial charge in [0, 0.05) is 11.4 Å². The van der Waals surface area contributed by atoms with Crippen molar-refractivity contribution in [3.05, 3.63) is 47.8 Å². The average Bonchev–Trinajstić information content (AvgIpc) is 2.36. The summed E-state index contributed by atoms with van der Waals surface area (Å²) < 4.78 is 0. The van der Waals surface area contributed by atoms with E-state index in [1.54, 1.807) is 0 Å². The standard InChI is InChI=1S/C16H22N2/c1-12(2)18(14-9-5-4-6-10-14)15-11-7-8-13(3)16(15)17/h7-9,11H,1,4-6,10,17H2,2-3H3. The van der Waals surface area contributed by atoms with Gasteiger partial charge in [-0.1, -0.05) is 24.8 Å². The lowest BCUT2D eigenvalue weighted by atomic mass is 10.0. The fourth-order valence-corrected chi connectivity index (χ4v) is 2.49. The van der Waals surface area contributed by atoms with Crippen molar-refractivity contribution in [2.45, 2.75) is 39.5 Å². The van der Waals surface area contributed by atoms with E-state index in [0.29, 0.717) is 0 Å². The first-order chi connectivity index (χ1) is 8.61. The smallest absolute Gasteiger partial charge is 0.0687 e. The van der Waals surface area contributed by atoms with Crippen molar-refractivity contribution >= 4 is 11.4 Å². The highest BCUT2D eigenvalue weighted by atomic mass is 15.2. The van der Waals surface area contributed by atoms with Crippen LogP contribution in [-0.2, 0) is 0 Å². The molecule has 0 aromatic heterocycles. The fraction of sp³-hybridized carbons (Fsp3) is 0.375. The summed E-state index contributed by atoms with van der Waals surface area (Å²) in [5.74, 6) is 0. The van der Waals surface area contributed by atoms with Crippen LogP contribution in [0.5, 0.6) is 0 Å². The van der Waals surface area contributed by atoms with Crippen LogP contribution in [0.2, 0.25) is 0 Å². The van der Waals surface area contributed by atoms with Gasteiger partial charge in [0.25, 0.3) is 0 Å². The summed E-state index contributed by atoms with van der Waals surface area (Å²) in [6.45, 7) is 8.19. The molecule has 0 fully saturated rings. The first-order valence-corrected chi connectivity index (χ1v) is 6.61. The molecular weight excluding hydrogens is 220 g/mol. The van der Waals surface area contributed by atoms with Crippen molar-refractivity contribution in [2.24, 2.45) is 0 Å². The summed E-state index contributed by atoms with van der Waals surface area (Å²) in [5, 5.41) is 0. The van der Waals surface area contributed by atoms with Crippen molar-refractivity contribution in [3.8, 4) is 0 Å². The quantitative estimate of drug-likeness (QED) is 0.797. The second-order valence-corrected chi connectivity index (χ2v) is 5.02. The van der Waals surface area contributed by atoms with Crippen LogP contribution in [0.1, 0.15) is 38.2 Å². The van der Waals surface area contributed by atoms with Gasteiger partial charge in [-0.3, -0.25) is 0 Å². The SMILES string of the molecule is C=C(C)N(C1=CCCCC1)c1cccc(C)c1N. The number of nitrogen functional groups attached to an aromatic ring is 1. The molecule has 0 spiro atoms. The van der Waals surface area contributed by atoms with Crippen LogP contribution in [0, 0.1) is 6.92 Å². The van der Waals surface area contributed by atoms with Crippen LogP contribution in [0.3, 0.4) is 0 Å². The highest BCUT2D eigenvalue weighted by Crippen LogP contribution is 2.34. The van der Waals surface area contributed by atoms with Gasteiger partial charge in [0.2, 0.25) is 0 Å². The van der Waals surface area contributed by atoms with Gasteiger partial charge < -0.3 is 10.6 Å². The van der Waals surface area contributed by atoms with E-state index < -0.39 is 0 Å². The molecular formula is C16H22N2. The Labute approximate surface area is 110 Å². The molecule has 0 aliphatic heterocycles. The Hall–Kier alpha value is -1.70. The van der Waals surface area contributed by atoms with E-state index in [-0.39, 0.29) is 0 Å². The molecule has 0 bridgehead atoms. The lowest BCUT2D eigenvalue weighted by molar-refractivity contribution is 0.686. The van der Waals surface area contributed by atoms with E-state index in [1.807, 2.05) is 19.9 Å². The van der Waals surface area contributed by atoms with Gasteiger partial charge in [-0.2, -0.15) is 0 Å². The summed E-state index contributed by atoms with van der Waals surface area (Å²) in [6.07, 6.45) is 7.13. The predicted octanol–water partition coefficient (Wildman–Crippen LogP) is 4.38. The zero-order valence-electron chi connectivity index (χ0n) is 11.4. The van der Waals surface area contributed by atoms with Crippen LogP contribution >= 0.6 is 0 Å². The maximum absolute atomic E-state index is 6.22. The fourth-order valence-electron chi connectivity index (χ4n) is 2.49. The topological polar surface area (TPSA) is 29.3 Å². The first kappa shape index (κ1) is 12.7. The molecule has 1 aromatic rings. The lowest BCUT2D eigenvalue weighted by Crippen LogP contribution is -2.22. The molecule has 18 heavy (non-hydrogen) atoms. The second kappa shape index (κ2) is 5.30. The zero-order valence-corrected chi connectivity index (χ0v) is 11.4. The molecule has 0 unspecified atom stereocenters. The van der Waals surface area contributed by atoms with Crippen molar-refractivity contribution in [3.63, 3.8) is 0 Å². The maximum atomic E-state index is 6.22. The van der Waals surface area contributed by atoms with Crippen LogP contribution in [0.4, 0.5) is 11.4 Å². The number of anilines is 2. The van der Waals surface area contributed by atoms with Gasteiger partial charge in [0.05, 0.1) is 11.4 Å². The zero-order chi connectivity index (χ0) is 13.1. The van der Waals surface area contributed by atoms with Crippen molar-refractivity contribution in [2.75, 3.05) is 10.6 Å². The van der Waals surface area contributed by atoms with E-state index in [0.717, 1.165) is 35.5 Å². The molecule has 2 rings (SSSR count). The molecule has 2 heteroatoms. The van der Waals surface area contributed by atoms with Gasteiger partial charge >= 0.3 is 0 Å². The lowest BCUT2D eigenvalue weighted by Gasteiger charge is -2.31. The number of para-hydroxylation sites is 1. The number of hydrogen-bond acceptors (Lipinski definition) is 2. The summed E-state index contributed by atoms with van der Waals surface area (Å²) in [6, 6.07) is 6.18. The van der Waals surface area contributed by atoms with E-state index in [1.165, 1.54) is 18.5 Å². The molecule has 0 atom stereocenters. The molecule has 1 aromatic carbocycles. The Morgan fingerprint density at radius 3 is 2.72 bits per heavy atom. The molecule has 1 aliphatic rings. The summed E-state index contributed by atoms with van der Waals surface area (Å²) >= 11 is 0. The predicted molar refractivity (Wildman–Crippen MR) is 79.4 cm³/mol. The molecule has 96 valence electrons. The molecule has 2 nitrogen and oxygen atoms in total. The van der Waals surface area contributed by atoms with Crippen molar-refractivity contribution < 1.29 is 0 Å². The highest BCUT2D eigenvalue weighted by Gasteiger charge is 2.17. The Bertz CT molecular complexity index is 486. The van der Waals surface area contributed by atoms with Gasteiger partial charge in [-0.25, -0.2) is 0 Å². The molecule has 0 saturated heterocycles. The average molecular weight is 242 g/mol. The number of hydrogen-bond donors (Lipinski definition) is 1. The Morgan fingerprint density at radius 2 is 2.11 bits per heavy atom. The van der Waals surface area contributed by atoms with Crippen molar-refractivity contribution in [1.82, 2.24) is 0 Å². The Kier molecular flexibility index (Phi) is 3.75. The highest BCUT2D eigenvalue weighted by molar-refractivity contribution is 5.75. The number of aryl methyl sites for hydroxylation is 1. The van der Waals surface area contributed by atoms with Crippen LogP contribution in [0.25, 0.3) is 0 Å². The van der Waals surface area contributed by atoms with E-state index in [9.17, 15) is 0 Å². The van der Waals surface area contributed by atoms with Crippen LogP contribution < -0.4 is 10.6 Å². The summed E-state index contributed by atoms with van der Waals surface area (Å²) in [4.78, 5) is 2.21. The first-order valence-electron chi connectivity index (χ1n) is 6.61. The third kappa shape index (κ3) is 2.42. The third-order valence-electron chi connectivity index (χ3n) is 3.48. The van der Waals surface area contributed by atoms with Crippen LogP contribution in [-0.4, -0.2) is 0 Å². The summed E-state index contributed by atoms with van der Waals surface area (Å²) in [5.41, 5.74) is 11.6. The van der Waals surface area contributed by atoms with E-state index >= 15 is 0 Å². The Morgan fingerprint density at radius 1 is 1.33 bits per heavy atom. The number of allylic oxidation sites excluding steroid dienone is 3. The monoisotopic (exact) mass is 242 g/mol. The number of nitrogens with zero attached hydrogens (tertiary/aromatic N) is 1. The number of nitrogens with two attached hydrogens (primary N) is 1. The van der Waals surface area contributed by atoms with Gasteiger partial charge in [-0.15, -0.1) is 0 Å². The maximum Gasteiger partial charge on any atom is 0.0687 e. The van der Waals surface area contributed by atoms with Gasteiger partial charge in [0.1, 0.15) is 0 Å². The third-order valence-corrected chi connectivity index (χ3v) is 3.48. The molecule has 0 heterocycles. The molecule has 2 N–H and O–H groups in total. The summed E-state index contributed by atoms with van der Waals surface area (Å²) in [7, 11) is 0. The van der Waals surface area contributed by atoms with Crippen molar-refractivity contribution in [1.29, 1.82) is 0 Å². The normalized spacial score (nSPS) is 15.1. The molecule has 1 aliphatic carbocycles. The molecule has 0 radical (unpaired) electrons. The molecule has 0 saturated carbocycles. The van der Waals surface area contributed by atoms with Crippen LogP contribution in [0.15, 0.2) is 42.2 Å². The molecule has 0 amide bonds. The minimum Gasteiger partial charge on any atom is -0.397 e. The van der Waals surface area contributed by atoms with E-state index in [2.05, 4.69) is 29.7 Å². The second-order valence-electron chi connectivity index (χ2n) is 5.02. The minimum absolute atomic E-state index is 0.854. The van der Waals surface area contributed by atoms with E-state index in [4.69, 9.17) is 5.73 Å². The number of benzene rings is 1.